The molecule has 4 rings (SSSR count). The van der Waals surface area contributed by atoms with Gasteiger partial charge in [-0.25, -0.2) is 0 Å². The number of aromatic hydroxyl groups is 1. The van der Waals surface area contributed by atoms with Gasteiger partial charge in [0.1, 0.15) is 10.4 Å². The lowest BCUT2D eigenvalue weighted by Gasteiger charge is -2.15. The summed E-state index contributed by atoms with van der Waals surface area (Å²) in [6, 6.07) is 12.1. The highest BCUT2D eigenvalue weighted by Gasteiger charge is 2.17. The SMILES string of the molecule is CNC(C)c1ccc(-c2c(O)cc(C)c3[nH]c(=O)c4sccc4c23)cc1. The number of benzene rings is 2. The van der Waals surface area contributed by atoms with E-state index in [4.69, 9.17) is 0 Å². The lowest BCUT2D eigenvalue weighted by Crippen LogP contribution is -2.11. The second kappa shape index (κ2) is 6.27. The Labute approximate surface area is 155 Å². The number of pyridine rings is 1. The number of hydrogen-bond acceptors (Lipinski definition) is 4. The number of fused-ring (bicyclic) bond motifs is 3. The first kappa shape index (κ1) is 16.8. The highest BCUT2D eigenvalue weighted by Crippen LogP contribution is 2.41. The predicted molar refractivity (Wildman–Crippen MR) is 109 cm³/mol. The van der Waals surface area contributed by atoms with Crippen LogP contribution < -0.4 is 10.9 Å². The third kappa shape index (κ3) is 2.52. The van der Waals surface area contributed by atoms with Crippen LogP contribution in [0.2, 0.25) is 0 Å². The summed E-state index contributed by atoms with van der Waals surface area (Å²) in [6.45, 7) is 4.01. The maximum Gasteiger partial charge on any atom is 0.266 e. The van der Waals surface area contributed by atoms with Gasteiger partial charge in [0.25, 0.3) is 5.56 Å². The van der Waals surface area contributed by atoms with Crippen LogP contribution in [0.1, 0.15) is 24.1 Å². The van der Waals surface area contributed by atoms with Crippen LogP contribution in [0.25, 0.3) is 32.1 Å². The standard InChI is InChI=1S/C21H20N2O2S/c1-11-10-16(24)17(14-6-4-13(5-7-14)12(2)22-3)18-15-8-9-26-20(15)21(25)23-19(11)18/h4-10,12,22,24H,1-3H3,(H,23,25). The Balaban J connectivity index is 2.06. The zero-order chi connectivity index (χ0) is 18.4. The molecule has 2 aromatic heterocycles. The van der Waals surface area contributed by atoms with Gasteiger partial charge in [-0.15, -0.1) is 11.3 Å². The molecule has 0 aliphatic rings. The second-order valence-corrected chi connectivity index (χ2v) is 7.50. The van der Waals surface area contributed by atoms with Crippen molar-refractivity contribution in [2.75, 3.05) is 7.05 Å². The Kier molecular flexibility index (Phi) is 4.05. The van der Waals surface area contributed by atoms with Crippen LogP contribution in [0.15, 0.2) is 46.6 Å². The molecule has 0 spiro atoms. The van der Waals surface area contributed by atoms with Crippen LogP contribution in [0.3, 0.4) is 0 Å². The first-order chi connectivity index (χ1) is 12.5. The summed E-state index contributed by atoms with van der Waals surface area (Å²) in [6.07, 6.45) is 0. The van der Waals surface area contributed by atoms with E-state index in [0.29, 0.717) is 4.70 Å². The molecule has 1 atom stereocenters. The topological polar surface area (TPSA) is 65.1 Å². The first-order valence-corrected chi connectivity index (χ1v) is 9.42. The van der Waals surface area contributed by atoms with E-state index in [9.17, 15) is 9.90 Å². The molecule has 0 bridgehead atoms. The van der Waals surface area contributed by atoms with Gasteiger partial charge in [-0.3, -0.25) is 4.79 Å². The van der Waals surface area contributed by atoms with E-state index in [-0.39, 0.29) is 17.4 Å². The molecule has 0 saturated carbocycles. The molecule has 5 heteroatoms. The van der Waals surface area contributed by atoms with Crippen LogP contribution in [0.4, 0.5) is 0 Å². The number of nitrogens with one attached hydrogen (secondary N) is 2. The van der Waals surface area contributed by atoms with E-state index in [1.165, 1.54) is 16.9 Å². The first-order valence-electron chi connectivity index (χ1n) is 8.54. The van der Waals surface area contributed by atoms with Crippen molar-refractivity contribution < 1.29 is 5.11 Å². The molecule has 3 N–H and O–H groups in total. The molecule has 1 unspecified atom stereocenters. The summed E-state index contributed by atoms with van der Waals surface area (Å²) in [7, 11) is 1.93. The van der Waals surface area contributed by atoms with Crippen LogP contribution >= 0.6 is 11.3 Å². The Bertz CT molecular complexity index is 1170. The van der Waals surface area contributed by atoms with Gasteiger partial charge >= 0.3 is 0 Å². The van der Waals surface area contributed by atoms with Crippen molar-refractivity contribution in [1.82, 2.24) is 10.3 Å². The molecule has 0 amide bonds. The quantitative estimate of drug-likeness (QED) is 0.493. The van der Waals surface area contributed by atoms with E-state index >= 15 is 0 Å². The summed E-state index contributed by atoms with van der Waals surface area (Å²) < 4.78 is 0.684. The maximum absolute atomic E-state index is 12.4. The van der Waals surface area contributed by atoms with Crippen LogP contribution in [0, 0.1) is 6.92 Å². The van der Waals surface area contributed by atoms with Gasteiger partial charge in [0.15, 0.2) is 0 Å². The van der Waals surface area contributed by atoms with Crippen LogP contribution in [-0.2, 0) is 0 Å². The number of aromatic amines is 1. The summed E-state index contributed by atoms with van der Waals surface area (Å²) in [5.41, 5.74) is 4.42. The van der Waals surface area contributed by atoms with Gasteiger partial charge in [0.05, 0.1) is 5.52 Å². The van der Waals surface area contributed by atoms with Crippen molar-refractivity contribution in [1.29, 1.82) is 0 Å². The monoisotopic (exact) mass is 364 g/mol. The van der Waals surface area contributed by atoms with Gasteiger partial charge in [-0.05, 0) is 55.1 Å². The van der Waals surface area contributed by atoms with Crippen molar-refractivity contribution in [3.8, 4) is 16.9 Å². The lowest BCUT2D eigenvalue weighted by molar-refractivity contribution is 0.477. The Morgan fingerprint density at radius 2 is 1.92 bits per heavy atom. The molecule has 4 nitrogen and oxygen atoms in total. The Morgan fingerprint density at radius 3 is 2.62 bits per heavy atom. The normalized spacial score (nSPS) is 12.7. The summed E-state index contributed by atoms with van der Waals surface area (Å²) >= 11 is 1.42. The maximum atomic E-state index is 12.4. The lowest BCUT2D eigenvalue weighted by atomic mass is 9.94. The zero-order valence-corrected chi connectivity index (χ0v) is 15.7. The minimum atomic E-state index is -0.0829. The minimum absolute atomic E-state index is 0.0829. The van der Waals surface area contributed by atoms with Crippen molar-refractivity contribution >= 4 is 32.3 Å². The molecule has 0 saturated heterocycles. The molecule has 132 valence electrons. The van der Waals surface area contributed by atoms with Gasteiger partial charge < -0.3 is 15.4 Å². The van der Waals surface area contributed by atoms with E-state index in [2.05, 4.69) is 29.4 Å². The Morgan fingerprint density at radius 1 is 1.19 bits per heavy atom. The number of rotatable bonds is 3. The number of aromatic nitrogens is 1. The van der Waals surface area contributed by atoms with Gasteiger partial charge in [-0.1, -0.05) is 24.3 Å². The molecule has 0 aliphatic carbocycles. The van der Waals surface area contributed by atoms with Gasteiger partial charge in [-0.2, -0.15) is 0 Å². The number of thiophene rings is 1. The van der Waals surface area contributed by atoms with Crippen molar-refractivity contribution in [2.45, 2.75) is 19.9 Å². The average Bonchev–Trinajstić information content (AvgIpc) is 3.13. The van der Waals surface area contributed by atoms with Gasteiger partial charge in [0, 0.05) is 22.4 Å². The van der Waals surface area contributed by atoms with Crippen molar-refractivity contribution in [2.24, 2.45) is 0 Å². The summed E-state index contributed by atoms with van der Waals surface area (Å²) in [5, 5.41) is 17.7. The van der Waals surface area contributed by atoms with E-state index in [0.717, 1.165) is 33.0 Å². The van der Waals surface area contributed by atoms with Crippen LogP contribution in [0.5, 0.6) is 5.75 Å². The number of phenolic OH excluding ortho intramolecular Hbond substituents is 1. The Hall–Kier alpha value is -2.63. The third-order valence-corrected chi connectivity index (χ3v) is 5.93. The van der Waals surface area contributed by atoms with Gasteiger partial charge in [0.2, 0.25) is 0 Å². The largest absolute Gasteiger partial charge is 0.507 e. The molecule has 0 radical (unpaired) electrons. The number of aryl methyl sites for hydroxylation is 1. The molecular weight excluding hydrogens is 344 g/mol. The minimum Gasteiger partial charge on any atom is -0.507 e. The molecule has 2 aromatic carbocycles. The van der Waals surface area contributed by atoms with E-state index < -0.39 is 0 Å². The zero-order valence-electron chi connectivity index (χ0n) is 14.9. The molecular formula is C21H20N2O2S. The fourth-order valence-electron chi connectivity index (χ4n) is 3.48. The fourth-order valence-corrected chi connectivity index (χ4v) is 4.28. The number of phenols is 1. The third-order valence-electron chi connectivity index (χ3n) is 5.02. The molecule has 2 heterocycles. The molecule has 4 aromatic rings. The number of hydrogen-bond donors (Lipinski definition) is 3. The predicted octanol–water partition coefficient (Wildman–Crippen LogP) is 4.70. The van der Waals surface area contributed by atoms with Crippen molar-refractivity contribution in [3.63, 3.8) is 0 Å². The highest BCUT2D eigenvalue weighted by molar-refractivity contribution is 7.17. The summed E-state index contributed by atoms with van der Waals surface area (Å²) in [5.74, 6) is 0.226. The van der Waals surface area contributed by atoms with Crippen molar-refractivity contribution in [3.05, 3.63) is 63.3 Å². The fraction of sp³-hybridized carbons (Fsp3) is 0.190. The van der Waals surface area contributed by atoms with E-state index in [1.807, 2.05) is 37.6 Å². The average molecular weight is 364 g/mol. The van der Waals surface area contributed by atoms with E-state index in [1.54, 1.807) is 6.07 Å². The second-order valence-electron chi connectivity index (χ2n) is 6.59. The number of H-pyrrole nitrogens is 1. The molecule has 0 aliphatic heterocycles. The highest BCUT2D eigenvalue weighted by atomic mass is 32.1. The molecule has 0 fully saturated rings. The van der Waals surface area contributed by atoms with Crippen LogP contribution in [-0.4, -0.2) is 17.1 Å². The molecule has 26 heavy (non-hydrogen) atoms. The smallest absolute Gasteiger partial charge is 0.266 e. The summed E-state index contributed by atoms with van der Waals surface area (Å²) in [4.78, 5) is 15.4.